The molecule has 2 unspecified atom stereocenters. The molecule has 8 heteroatoms. The molecule has 0 spiro atoms. The maximum absolute atomic E-state index is 13.7. The summed E-state index contributed by atoms with van der Waals surface area (Å²) < 4.78 is 11.8. The van der Waals surface area contributed by atoms with E-state index in [0.29, 0.717) is 35.7 Å². The van der Waals surface area contributed by atoms with E-state index < -0.39 is 16.8 Å². The summed E-state index contributed by atoms with van der Waals surface area (Å²) in [4.78, 5) is 52.1. The van der Waals surface area contributed by atoms with Crippen molar-refractivity contribution in [2.45, 2.75) is 44.4 Å². The number of ketones is 3. The third-order valence-electron chi connectivity index (χ3n) is 7.06. The molecule has 166 valence electrons. The van der Waals surface area contributed by atoms with E-state index in [-0.39, 0.29) is 41.8 Å². The lowest BCUT2D eigenvalue weighted by Crippen LogP contribution is -2.44. The first-order valence-electron chi connectivity index (χ1n) is 10.9. The van der Waals surface area contributed by atoms with Gasteiger partial charge in [-0.1, -0.05) is 0 Å². The van der Waals surface area contributed by atoms with Crippen LogP contribution in [0.3, 0.4) is 0 Å². The summed E-state index contributed by atoms with van der Waals surface area (Å²) in [5.41, 5.74) is -0.770. The topological polar surface area (TPSA) is 105 Å². The van der Waals surface area contributed by atoms with Crippen molar-refractivity contribution in [3.8, 4) is 17.2 Å². The second-order valence-electron chi connectivity index (χ2n) is 8.93. The number of hydrogen-bond acceptors (Lipinski definition) is 7. The first-order valence-corrected chi connectivity index (χ1v) is 10.9. The number of nitrogens with zero attached hydrogens (tertiary/aromatic N) is 2. The minimum absolute atomic E-state index is 0.0277. The van der Waals surface area contributed by atoms with Gasteiger partial charge in [0.15, 0.2) is 23.1 Å². The predicted octanol–water partition coefficient (Wildman–Crippen LogP) is 2.64. The molecule has 0 amide bonds. The van der Waals surface area contributed by atoms with Crippen LogP contribution in [0.25, 0.3) is 5.69 Å². The highest BCUT2D eigenvalue weighted by Gasteiger charge is 2.56. The molecular formula is C24H24N2O6. The van der Waals surface area contributed by atoms with Crippen molar-refractivity contribution >= 4 is 17.3 Å². The highest BCUT2D eigenvalue weighted by molar-refractivity contribution is 6.20. The van der Waals surface area contributed by atoms with E-state index in [9.17, 15) is 19.2 Å². The molecule has 1 aromatic heterocycles. The van der Waals surface area contributed by atoms with Crippen molar-refractivity contribution in [1.29, 1.82) is 0 Å². The minimum atomic E-state index is -1.27. The molecular weight excluding hydrogens is 412 g/mol. The number of ether oxygens (including phenoxy) is 2. The van der Waals surface area contributed by atoms with Crippen molar-refractivity contribution in [3.05, 3.63) is 45.9 Å². The van der Waals surface area contributed by atoms with Gasteiger partial charge in [0.25, 0.3) is 5.56 Å². The number of aromatic nitrogens is 2. The third-order valence-corrected chi connectivity index (χ3v) is 7.06. The van der Waals surface area contributed by atoms with Crippen LogP contribution < -0.4 is 15.0 Å². The highest BCUT2D eigenvalue weighted by atomic mass is 16.5. The van der Waals surface area contributed by atoms with Crippen LogP contribution in [0.1, 0.15) is 60.5 Å². The quantitative estimate of drug-likeness (QED) is 0.506. The minimum Gasteiger partial charge on any atom is -0.493 e. The molecule has 5 rings (SSSR count). The van der Waals surface area contributed by atoms with Gasteiger partial charge in [0, 0.05) is 17.9 Å². The van der Waals surface area contributed by atoms with E-state index in [1.54, 1.807) is 24.3 Å². The predicted molar refractivity (Wildman–Crippen MR) is 114 cm³/mol. The van der Waals surface area contributed by atoms with Crippen LogP contribution in [0.2, 0.25) is 0 Å². The van der Waals surface area contributed by atoms with Crippen LogP contribution in [0.15, 0.2) is 29.1 Å². The molecule has 2 aromatic rings. The molecule has 3 aliphatic rings. The van der Waals surface area contributed by atoms with E-state index in [1.807, 2.05) is 0 Å². The number of Topliss-reactive ketones (excluding diaryl/α,β-unsaturated/α-hetero) is 3. The van der Waals surface area contributed by atoms with Crippen molar-refractivity contribution in [3.63, 3.8) is 0 Å². The van der Waals surface area contributed by atoms with Gasteiger partial charge in [0.2, 0.25) is 0 Å². The molecule has 0 saturated heterocycles. The standard InChI is InChI=1S/C24H24N2O6/c1-31-19-6-5-15(9-20(19)32-2)26-23(30)16(10-17(25-26)13-3-4-13)22(29)24-8-7-14(12-24)18(27)11-21(24)28/h5-6,9-10,13-14H,3-4,7-8,11-12H2,1-2H3. The van der Waals surface area contributed by atoms with Crippen molar-refractivity contribution < 1.29 is 23.9 Å². The van der Waals surface area contributed by atoms with Crippen LogP contribution in [0.4, 0.5) is 0 Å². The van der Waals surface area contributed by atoms with E-state index >= 15 is 0 Å². The Morgan fingerprint density at radius 2 is 1.78 bits per heavy atom. The molecule has 8 nitrogen and oxygen atoms in total. The Morgan fingerprint density at radius 1 is 1.03 bits per heavy atom. The van der Waals surface area contributed by atoms with Crippen LogP contribution in [0, 0.1) is 11.3 Å². The summed E-state index contributed by atoms with van der Waals surface area (Å²) in [6.07, 6.45) is 2.69. The first kappa shape index (κ1) is 20.6. The van der Waals surface area contributed by atoms with E-state index in [0.717, 1.165) is 12.8 Å². The van der Waals surface area contributed by atoms with Gasteiger partial charge in [-0.05, 0) is 50.3 Å². The second-order valence-corrected chi connectivity index (χ2v) is 8.93. The summed E-state index contributed by atoms with van der Waals surface area (Å²) in [7, 11) is 3.02. The normalized spacial score (nSPS) is 24.5. The average Bonchev–Trinajstić information content (AvgIpc) is 3.56. The lowest BCUT2D eigenvalue weighted by molar-refractivity contribution is -0.136. The molecule has 0 radical (unpaired) electrons. The van der Waals surface area contributed by atoms with Gasteiger partial charge in [0.05, 0.1) is 43.0 Å². The van der Waals surface area contributed by atoms with Gasteiger partial charge in [-0.3, -0.25) is 19.2 Å². The zero-order valence-electron chi connectivity index (χ0n) is 18.1. The lowest BCUT2D eigenvalue weighted by atomic mass is 9.70. The average molecular weight is 436 g/mol. The van der Waals surface area contributed by atoms with Gasteiger partial charge in [-0.2, -0.15) is 9.78 Å². The Hall–Kier alpha value is -3.29. The fourth-order valence-corrected chi connectivity index (χ4v) is 5.02. The number of benzene rings is 1. The largest absolute Gasteiger partial charge is 0.493 e. The summed E-state index contributed by atoms with van der Waals surface area (Å²) in [5.74, 6) is -0.0643. The fraction of sp³-hybridized carbons (Fsp3) is 0.458. The summed E-state index contributed by atoms with van der Waals surface area (Å²) in [6.45, 7) is 0. The fourth-order valence-electron chi connectivity index (χ4n) is 5.02. The molecule has 1 heterocycles. The van der Waals surface area contributed by atoms with Crippen LogP contribution in [-0.2, 0) is 9.59 Å². The zero-order valence-corrected chi connectivity index (χ0v) is 18.1. The molecule has 3 aliphatic carbocycles. The van der Waals surface area contributed by atoms with E-state index in [4.69, 9.17) is 9.47 Å². The lowest BCUT2D eigenvalue weighted by Gasteiger charge is -2.29. The first-order chi connectivity index (χ1) is 15.4. The Bertz CT molecular complexity index is 1210. The maximum atomic E-state index is 13.7. The van der Waals surface area contributed by atoms with Gasteiger partial charge >= 0.3 is 0 Å². The maximum Gasteiger partial charge on any atom is 0.282 e. The Labute approximate surface area is 184 Å². The van der Waals surface area contributed by atoms with Crippen molar-refractivity contribution in [2.24, 2.45) is 11.3 Å². The second kappa shape index (κ2) is 7.39. The van der Waals surface area contributed by atoms with Gasteiger partial charge in [-0.25, -0.2) is 0 Å². The Morgan fingerprint density at radius 3 is 2.47 bits per heavy atom. The van der Waals surface area contributed by atoms with E-state index in [2.05, 4.69) is 5.10 Å². The van der Waals surface area contributed by atoms with Crippen LogP contribution in [-0.4, -0.2) is 41.3 Å². The van der Waals surface area contributed by atoms with Crippen LogP contribution >= 0.6 is 0 Å². The molecule has 3 fully saturated rings. The molecule has 1 aromatic carbocycles. The number of carbonyl (C=O) groups is 3. The Balaban J connectivity index is 1.64. The number of rotatable bonds is 6. The van der Waals surface area contributed by atoms with Gasteiger partial charge < -0.3 is 9.47 Å². The van der Waals surface area contributed by atoms with Crippen molar-refractivity contribution in [2.75, 3.05) is 14.2 Å². The summed E-state index contributed by atoms with van der Waals surface area (Å²) in [6, 6.07) is 6.54. The summed E-state index contributed by atoms with van der Waals surface area (Å²) in [5, 5.41) is 4.53. The molecule has 2 bridgehead atoms. The number of fused-ring (bicyclic) bond motifs is 2. The number of methoxy groups -OCH3 is 2. The summed E-state index contributed by atoms with van der Waals surface area (Å²) >= 11 is 0. The Kier molecular flexibility index (Phi) is 4.76. The zero-order chi connectivity index (χ0) is 22.6. The third kappa shape index (κ3) is 3.08. The molecule has 2 atom stereocenters. The molecule has 0 N–H and O–H groups in total. The van der Waals surface area contributed by atoms with Crippen molar-refractivity contribution in [1.82, 2.24) is 9.78 Å². The van der Waals surface area contributed by atoms with E-state index in [1.165, 1.54) is 18.9 Å². The number of carbonyl (C=O) groups excluding carboxylic acids is 3. The molecule has 3 saturated carbocycles. The van der Waals surface area contributed by atoms with Gasteiger partial charge in [0.1, 0.15) is 5.78 Å². The smallest absolute Gasteiger partial charge is 0.282 e. The highest BCUT2D eigenvalue weighted by Crippen LogP contribution is 2.49. The monoisotopic (exact) mass is 436 g/mol. The molecule has 32 heavy (non-hydrogen) atoms. The van der Waals surface area contributed by atoms with Crippen LogP contribution in [0.5, 0.6) is 11.5 Å². The SMILES string of the molecule is COc1ccc(-n2nc(C3CC3)cc(C(=O)C34CCC(C3)C(=O)CC4=O)c2=O)cc1OC. The molecule has 0 aliphatic heterocycles. The van der Waals surface area contributed by atoms with Gasteiger partial charge in [-0.15, -0.1) is 0 Å². The number of hydrogen-bond donors (Lipinski definition) is 0.